The Kier molecular flexibility index (Phi) is 4.76. The lowest BCUT2D eigenvalue weighted by Gasteiger charge is -2.14. The molecule has 0 heterocycles. The van der Waals surface area contributed by atoms with Gasteiger partial charge in [0.15, 0.2) is 0 Å². The fourth-order valence-electron chi connectivity index (χ4n) is 2.10. The summed E-state index contributed by atoms with van der Waals surface area (Å²) in [5.74, 6) is 1.14. The highest BCUT2D eigenvalue weighted by atomic mass is 32.2. The molecule has 0 aliphatic heterocycles. The van der Waals surface area contributed by atoms with E-state index in [0.717, 1.165) is 11.1 Å². The molecule has 5 heteroatoms. The van der Waals surface area contributed by atoms with E-state index in [1.807, 2.05) is 32.9 Å². The van der Waals surface area contributed by atoms with Crippen LogP contribution in [0.2, 0.25) is 0 Å². The van der Waals surface area contributed by atoms with Crippen LogP contribution in [0, 0.1) is 6.92 Å². The number of aryl methyl sites for hydroxylation is 1. The van der Waals surface area contributed by atoms with Crippen LogP contribution in [-0.2, 0) is 10.1 Å². The maximum absolute atomic E-state index is 12.4. The maximum atomic E-state index is 12.4. The van der Waals surface area contributed by atoms with Crippen LogP contribution < -0.4 is 8.92 Å². The molecular weight excluding hydrogens is 300 g/mol. The second-order valence-electron chi connectivity index (χ2n) is 5.41. The van der Waals surface area contributed by atoms with Gasteiger partial charge in [0.2, 0.25) is 0 Å². The largest absolute Gasteiger partial charge is 0.497 e. The minimum absolute atomic E-state index is 0.101. The first kappa shape index (κ1) is 16.4. The predicted octanol–water partition coefficient (Wildman–Crippen LogP) is 3.89. The van der Waals surface area contributed by atoms with E-state index in [4.69, 9.17) is 8.92 Å². The van der Waals surface area contributed by atoms with E-state index in [2.05, 4.69) is 0 Å². The van der Waals surface area contributed by atoms with Crippen LogP contribution in [-0.4, -0.2) is 15.5 Å². The normalized spacial score (nSPS) is 11.5. The number of hydrogen-bond acceptors (Lipinski definition) is 4. The Balaban J connectivity index is 2.37. The van der Waals surface area contributed by atoms with Gasteiger partial charge in [-0.25, -0.2) is 0 Å². The van der Waals surface area contributed by atoms with Crippen molar-refractivity contribution < 1.29 is 17.3 Å². The molecule has 0 aliphatic rings. The second kappa shape index (κ2) is 6.40. The summed E-state index contributed by atoms with van der Waals surface area (Å²) in [5, 5.41) is 0. The highest BCUT2D eigenvalue weighted by Gasteiger charge is 2.19. The van der Waals surface area contributed by atoms with E-state index in [1.165, 1.54) is 19.2 Å². The molecule has 0 unspecified atom stereocenters. The summed E-state index contributed by atoms with van der Waals surface area (Å²) < 4.78 is 35.2. The van der Waals surface area contributed by atoms with Crippen molar-refractivity contribution in [2.75, 3.05) is 7.11 Å². The number of rotatable bonds is 5. The summed E-state index contributed by atoms with van der Waals surface area (Å²) in [6.45, 7) is 5.89. The molecule has 0 bridgehead atoms. The molecule has 2 rings (SSSR count). The Morgan fingerprint density at radius 3 is 2.18 bits per heavy atom. The average Bonchev–Trinajstić information content (AvgIpc) is 2.46. The zero-order valence-corrected chi connectivity index (χ0v) is 14.0. The predicted molar refractivity (Wildman–Crippen MR) is 86.1 cm³/mol. The molecule has 0 saturated carbocycles. The van der Waals surface area contributed by atoms with E-state index in [0.29, 0.717) is 11.5 Å². The number of hydrogen-bond donors (Lipinski definition) is 0. The molecule has 0 aromatic heterocycles. The summed E-state index contributed by atoms with van der Waals surface area (Å²) in [6.07, 6.45) is 0. The third-order valence-corrected chi connectivity index (χ3v) is 4.59. The Bertz CT molecular complexity index is 747. The molecule has 2 aromatic rings. The lowest BCUT2D eigenvalue weighted by molar-refractivity contribution is 0.414. The van der Waals surface area contributed by atoms with Crippen molar-refractivity contribution in [2.45, 2.75) is 31.6 Å². The number of benzene rings is 2. The zero-order chi connectivity index (χ0) is 16.3. The molecule has 0 aliphatic carbocycles. The van der Waals surface area contributed by atoms with Crippen molar-refractivity contribution in [1.29, 1.82) is 0 Å². The van der Waals surface area contributed by atoms with Crippen LogP contribution >= 0.6 is 0 Å². The van der Waals surface area contributed by atoms with Crippen molar-refractivity contribution >= 4 is 10.1 Å². The lowest BCUT2D eigenvalue weighted by Crippen LogP contribution is -2.11. The molecule has 0 fully saturated rings. The molecule has 0 radical (unpaired) electrons. The summed E-state index contributed by atoms with van der Waals surface area (Å²) in [6, 6.07) is 11.7. The Morgan fingerprint density at radius 1 is 1.00 bits per heavy atom. The van der Waals surface area contributed by atoms with E-state index in [-0.39, 0.29) is 10.8 Å². The van der Waals surface area contributed by atoms with Crippen molar-refractivity contribution in [1.82, 2.24) is 0 Å². The third-order valence-electron chi connectivity index (χ3n) is 3.34. The van der Waals surface area contributed by atoms with E-state index in [1.54, 1.807) is 18.2 Å². The van der Waals surface area contributed by atoms with Crippen LogP contribution in [0.3, 0.4) is 0 Å². The van der Waals surface area contributed by atoms with Gasteiger partial charge in [0, 0.05) is 0 Å². The Hall–Kier alpha value is -2.01. The summed E-state index contributed by atoms with van der Waals surface area (Å²) in [4.78, 5) is 0.101. The SMILES string of the molecule is COc1ccc(S(=O)(=O)Oc2cc(C)ccc2C(C)C)cc1. The highest BCUT2D eigenvalue weighted by molar-refractivity contribution is 7.87. The number of methoxy groups -OCH3 is 1. The van der Waals surface area contributed by atoms with Gasteiger partial charge in [-0.05, 0) is 54.3 Å². The van der Waals surface area contributed by atoms with Gasteiger partial charge in [-0.2, -0.15) is 8.42 Å². The standard InChI is InChI=1S/C17H20O4S/c1-12(2)16-10-5-13(3)11-17(16)21-22(18,19)15-8-6-14(20-4)7-9-15/h5-12H,1-4H3. The topological polar surface area (TPSA) is 52.6 Å². The van der Waals surface area contributed by atoms with Gasteiger partial charge in [-0.1, -0.05) is 26.0 Å². The average molecular weight is 320 g/mol. The monoisotopic (exact) mass is 320 g/mol. The minimum atomic E-state index is -3.87. The van der Waals surface area contributed by atoms with Crippen LogP contribution in [0.5, 0.6) is 11.5 Å². The quantitative estimate of drug-likeness (QED) is 0.784. The lowest BCUT2D eigenvalue weighted by atomic mass is 10.0. The van der Waals surface area contributed by atoms with Crippen LogP contribution in [0.15, 0.2) is 47.4 Å². The summed E-state index contributed by atoms with van der Waals surface area (Å²) in [7, 11) is -2.34. The fraction of sp³-hybridized carbons (Fsp3) is 0.294. The van der Waals surface area contributed by atoms with E-state index in [9.17, 15) is 8.42 Å². The van der Waals surface area contributed by atoms with Crippen molar-refractivity contribution in [3.8, 4) is 11.5 Å². The molecule has 0 saturated heterocycles. The first-order valence-corrected chi connectivity index (χ1v) is 8.43. The second-order valence-corrected chi connectivity index (χ2v) is 6.96. The molecule has 0 amide bonds. The molecule has 4 nitrogen and oxygen atoms in total. The van der Waals surface area contributed by atoms with Gasteiger partial charge >= 0.3 is 10.1 Å². The molecule has 22 heavy (non-hydrogen) atoms. The molecular formula is C17H20O4S. The van der Waals surface area contributed by atoms with Gasteiger partial charge in [-0.15, -0.1) is 0 Å². The third kappa shape index (κ3) is 3.60. The fourth-order valence-corrected chi connectivity index (χ4v) is 3.05. The van der Waals surface area contributed by atoms with Gasteiger partial charge in [0.1, 0.15) is 16.4 Å². The van der Waals surface area contributed by atoms with Crippen molar-refractivity contribution in [2.24, 2.45) is 0 Å². The first-order valence-electron chi connectivity index (χ1n) is 7.02. The van der Waals surface area contributed by atoms with Crippen LogP contribution in [0.25, 0.3) is 0 Å². The molecule has 0 N–H and O–H groups in total. The summed E-state index contributed by atoms with van der Waals surface area (Å²) in [5.41, 5.74) is 1.81. The van der Waals surface area contributed by atoms with Gasteiger partial charge < -0.3 is 8.92 Å². The van der Waals surface area contributed by atoms with E-state index < -0.39 is 10.1 Å². The zero-order valence-electron chi connectivity index (χ0n) is 13.2. The van der Waals surface area contributed by atoms with Crippen molar-refractivity contribution in [3.63, 3.8) is 0 Å². The molecule has 118 valence electrons. The van der Waals surface area contributed by atoms with Crippen molar-refractivity contribution in [3.05, 3.63) is 53.6 Å². The Labute approximate surface area is 131 Å². The minimum Gasteiger partial charge on any atom is -0.497 e. The highest BCUT2D eigenvalue weighted by Crippen LogP contribution is 2.30. The molecule has 0 spiro atoms. The Morgan fingerprint density at radius 2 is 1.64 bits per heavy atom. The maximum Gasteiger partial charge on any atom is 0.339 e. The van der Waals surface area contributed by atoms with Crippen LogP contribution in [0.4, 0.5) is 0 Å². The van der Waals surface area contributed by atoms with Crippen LogP contribution in [0.1, 0.15) is 30.9 Å². The smallest absolute Gasteiger partial charge is 0.339 e. The summed E-state index contributed by atoms with van der Waals surface area (Å²) >= 11 is 0. The van der Waals surface area contributed by atoms with E-state index >= 15 is 0 Å². The molecule has 2 aromatic carbocycles. The number of ether oxygens (including phenoxy) is 1. The van der Waals surface area contributed by atoms with Gasteiger partial charge in [0.05, 0.1) is 7.11 Å². The van der Waals surface area contributed by atoms with Gasteiger partial charge in [-0.3, -0.25) is 0 Å². The first-order chi connectivity index (χ1) is 10.3. The molecule has 0 atom stereocenters. The van der Waals surface area contributed by atoms with Gasteiger partial charge in [0.25, 0.3) is 0 Å².